The summed E-state index contributed by atoms with van der Waals surface area (Å²) >= 11 is 3.22. The zero-order chi connectivity index (χ0) is 9.52. The third-order valence-electron chi connectivity index (χ3n) is 2.12. The highest BCUT2D eigenvalue weighted by molar-refractivity contribution is 9.09. The van der Waals surface area contributed by atoms with E-state index >= 15 is 0 Å². The molecule has 76 valence electrons. The van der Waals surface area contributed by atoms with Gasteiger partial charge in [-0.15, -0.1) is 0 Å². The highest BCUT2D eigenvalue weighted by Gasteiger charge is 2.13. The second kappa shape index (κ2) is 6.38. The van der Waals surface area contributed by atoms with Crippen LogP contribution in [0.3, 0.4) is 0 Å². The second-order valence-corrected chi connectivity index (χ2v) is 4.02. The highest BCUT2D eigenvalue weighted by Crippen LogP contribution is 2.11. The van der Waals surface area contributed by atoms with Crippen molar-refractivity contribution in [3.63, 3.8) is 0 Å². The first-order valence-corrected chi connectivity index (χ1v) is 5.89. The molecule has 0 saturated carbocycles. The molecule has 0 aliphatic carbocycles. The average molecular weight is 250 g/mol. The Morgan fingerprint density at radius 1 is 1.54 bits per heavy atom. The minimum Gasteiger partial charge on any atom is -0.376 e. The zero-order valence-electron chi connectivity index (χ0n) is 7.72. The van der Waals surface area contributed by atoms with Gasteiger partial charge in [-0.05, 0) is 19.3 Å². The van der Waals surface area contributed by atoms with Crippen LogP contribution in [0.25, 0.3) is 0 Å². The molecular formula is C9H16BrNO2. The fraction of sp³-hybridized carbons (Fsp3) is 0.889. The average Bonchev–Trinajstić information content (AvgIpc) is 2.17. The van der Waals surface area contributed by atoms with Gasteiger partial charge in [0.2, 0.25) is 5.91 Å². The third kappa shape index (κ3) is 4.62. The van der Waals surface area contributed by atoms with Crippen LogP contribution >= 0.6 is 15.9 Å². The highest BCUT2D eigenvalue weighted by atomic mass is 79.9. The lowest BCUT2D eigenvalue weighted by atomic mass is 10.1. The molecule has 1 atom stereocenters. The van der Waals surface area contributed by atoms with E-state index in [9.17, 15) is 4.79 Å². The molecule has 3 nitrogen and oxygen atoms in total. The van der Waals surface area contributed by atoms with E-state index in [-0.39, 0.29) is 12.0 Å². The first-order valence-electron chi connectivity index (χ1n) is 4.77. The Kier molecular flexibility index (Phi) is 5.39. The van der Waals surface area contributed by atoms with Crippen LogP contribution in [0.4, 0.5) is 0 Å². The Morgan fingerprint density at radius 3 is 3.00 bits per heavy atom. The number of hydrogen-bond acceptors (Lipinski definition) is 2. The standard InChI is InChI=1S/C9H16BrNO2/c10-5-4-9(12)11-7-8-3-1-2-6-13-8/h8H,1-7H2,(H,11,12). The van der Waals surface area contributed by atoms with Crippen molar-refractivity contribution in [1.82, 2.24) is 5.32 Å². The monoisotopic (exact) mass is 249 g/mol. The molecule has 1 fully saturated rings. The van der Waals surface area contributed by atoms with Gasteiger partial charge in [0.25, 0.3) is 0 Å². The SMILES string of the molecule is O=C(CCBr)NCC1CCCCO1. The Labute approximate surface area is 87.3 Å². The van der Waals surface area contributed by atoms with Crippen molar-refractivity contribution < 1.29 is 9.53 Å². The van der Waals surface area contributed by atoms with E-state index in [1.165, 1.54) is 6.42 Å². The number of nitrogens with one attached hydrogen (secondary N) is 1. The van der Waals surface area contributed by atoms with Crippen LogP contribution in [0.1, 0.15) is 25.7 Å². The molecule has 13 heavy (non-hydrogen) atoms. The molecule has 4 heteroatoms. The van der Waals surface area contributed by atoms with Crippen LogP contribution < -0.4 is 5.32 Å². The maximum absolute atomic E-state index is 11.1. The fourth-order valence-corrected chi connectivity index (χ4v) is 1.73. The molecule has 1 N–H and O–H groups in total. The van der Waals surface area contributed by atoms with Crippen molar-refractivity contribution in [3.8, 4) is 0 Å². The lowest BCUT2D eigenvalue weighted by Gasteiger charge is -2.22. The molecule has 1 heterocycles. The molecule has 1 saturated heterocycles. The van der Waals surface area contributed by atoms with E-state index in [0.29, 0.717) is 13.0 Å². The lowest BCUT2D eigenvalue weighted by molar-refractivity contribution is -0.121. The number of carbonyl (C=O) groups excluding carboxylic acids is 1. The van der Waals surface area contributed by atoms with Gasteiger partial charge in [0, 0.05) is 24.9 Å². The summed E-state index contributed by atoms with van der Waals surface area (Å²) in [4.78, 5) is 11.1. The van der Waals surface area contributed by atoms with Gasteiger partial charge < -0.3 is 10.1 Å². The number of amides is 1. The van der Waals surface area contributed by atoms with Gasteiger partial charge in [-0.25, -0.2) is 0 Å². The van der Waals surface area contributed by atoms with E-state index in [2.05, 4.69) is 21.2 Å². The quantitative estimate of drug-likeness (QED) is 0.767. The molecule has 1 rings (SSSR count). The van der Waals surface area contributed by atoms with E-state index in [1.54, 1.807) is 0 Å². The Morgan fingerprint density at radius 2 is 2.38 bits per heavy atom. The van der Waals surface area contributed by atoms with Crippen LogP contribution in [-0.2, 0) is 9.53 Å². The van der Waals surface area contributed by atoms with Gasteiger partial charge >= 0.3 is 0 Å². The Bertz CT molecular complexity index is 158. The molecule has 1 unspecified atom stereocenters. The first kappa shape index (κ1) is 11.0. The molecule has 0 aromatic heterocycles. The van der Waals surface area contributed by atoms with E-state index in [1.807, 2.05) is 0 Å². The predicted molar refractivity (Wildman–Crippen MR) is 55.0 cm³/mol. The van der Waals surface area contributed by atoms with Gasteiger partial charge in [0.1, 0.15) is 0 Å². The van der Waals surface area contributed by atoms with Crippen molar-refractivity contribution >= 4 is 21.8 Å². The maximum atomic E-state index is 11.1. The second-order valence-electron chi connectivity index (χ2n) is 3.23. The van der Waals surface area contributed by atoms with Gasteiger partial charge in [0.15, 0.2) is 0 Å². The molecule has 1 aliphatic rings. The van der Waals surface area contributed by atoms with E-state index in [0.717, 1.165) is 24.8 Å². The van der Waals surface area contributed by atoms with Crippen molar-refractivity contribution in [2.24, 2.45) is 0 Å². The number of halogens is 1. The van der Waals surface area contributed by atoms with Gasteiger partial charge in [-0.2, -0.15) is 0 Å². The largest absolute Gasteiger partial charge is 0.376 e. The normalized spacial score (nSPS) is 22.7. The third-order valence-corrected chi connectivity index (χ3v) is 2.52. The van der Waals surface area contributed by atoms with Gasteiger partial charge in [-0.3, -0.25) is 4.79 Å². The van der Waals surface area contributed by atoms with Gasteiger partial charge in [-0.1, -0.05) is 15.9 Å². The number of hydrogen-bond donors (Lipinski definition) is 1. The van der Waals surface area contributed by atoms with Crippen LogP contribution in [0.5, 0.6) is 0 Å². The maximum Gasteiger partial charge on any atom is 0.220 e. The van der Waals surface area contributed by atoms with Crippen LogP contribution in [-0.4, -0.2) is 30.5 Å². The van der Waals surface area contributed by atoms with Crippen molar-refractivity contribution in [2.45, 2.75) is 31.8 Å². The fourth-order valence-electron chi connectivity index (χ4n) is 1.37. The summed E-state index contributed by atoms with van der Waals surface area (Å²) in [5.74, 6) is 0.103. The summed E-state index contributed by atoms with van der Waals surface area (Å²) in [5, 5.41) is 3.59. The van der Waals surface area contributed by atoms with Crippen molar-refractivity contribution in [1.29, 1.82) is 0 Å². The number of alkyl halides is 1. The molecule has 1 aliphatic heterocycles. The lowest BCUT2D eigenvalue weighted by Crippen LogP contribution is -2.35. The van der Waals surface area contributed by atoms with E-state index in [4.69, 9.17) is 4.74 Å². The smallest absolute Gasteiger partial charge is 0.220 e. The van der Waals surface area contributed by atoms with Crippen LogP contribution in [0, 0.1) is 0 Å². The summed E-state index contributed by atoms with van der Waals surface area (Å²) in [6.45, 7) is 1.52. The zero-order valence-corrected chi connectivity index (χ0v) is 9.31. The van der Waals surface area contributed by atoms with Crippen molar-refractivity contribution in [3.05, 3.63) is 0 Å². The minimum atomic E-state index is 0.103. The van der Waals surface area contributed by atoms with Crippen LogP contribution in [0.15, 0.2) is 0 Å². The summed E-state index contributed by atoms with van der Waals surface area (Å²) in [6.07, 6.45) is 4.25. The Balaban J connectivity index is 2.06. The summed E-state index contributed by atoms with van der Waals surface area (Å²) in [6, 6.07) is 0. The molecule has 0 radical (unpaired) electrons. The first-order chi connectivity index (χ1) is 6.33. The van der Waals surface area contributed by atoms with E-state index < -0.39 is 0 Å². The topological polar surface area (TPSA) is 38.3 Å². The summed E-state index contributed by atoms with van der Waals surface area (Å²) in [7, 11) is 0. The number of carbonyl (C=O) groups is 1. The minimum absolute atomic E-state index is 0.103. The van der Waals surface area contributed by atoms with Gasteiger partial charge in [0.05, 0.1) is 6.10 Å². The molecule has 0 spiro atoms. The summed E-state index contributed by atoms with van der Waals surface area (Å²) in [5.41, 5.74) is 0. The van der Waals surface area contributed by atoms with Crippen LogP contribution in [0.2, 0.25) is 0 Å². The molecule has 0 aromatic carbocycles. The Hall–Kier alpha value is -0.0900. The molecule has 0 bridgehead atoms. The number of ether oxygens (including phenoxy) is 1. The predicted octanol–water partition coefficient (Wildman–Crippen LogP) is 1.46. The molecule has 1 amide bonds. The molecular weight excluding hydrogens is 234 g/mol. The summed E-state index contributed by atoms with van der Waals surface area (Å²) < 4.78 is 5.48. The number of rotatable bonds is 4. The van der Waals surface area contributed by atoms with Crippen molar-refractivity contribution in [2.75, 3.05) is 18.5 Å². The molecule has 0 aromatic rings.